The highest BCUT2D eigenvalue weighted by Crippen LogP contribution is 2.33. The van der Waals surface area contributed by atoms with E-state index in [2.05, 4.69) is 69.0 Å². The topological polar surface area (TPSA) is 4.93 Å². The lowest BCUT2D eigenvalue weighted by atomic mass is 10.2. The highest BCUT2D eigenvalue weighted by molar-refractivity contribution is 9.10. The van der Waals surface area contributed by atoms with Gasteiger partial charge in [-0.25, -0.2) is 0 Å². The Morgan fingerprint density at radius 1 is 0.762 bits per heavy atom. The number of fused-ring (bicyclic) bond motifs is 3. The van der Waals surface area contributed by atoms with Crippen LogP contribution in [-0.2, 0) is 0 Å². The van der Waals surface area contributed by atoms with Gasteiger partial charge in [0.1, 0.15) is 0 Å². The largest absolute Gasteiger partial charge is 0.309 e. The Bertz CT molecular complexity index is 971. The first kappa shape index (κ1) is 12.9. The average molecular weight is 357 g/mol. The van der Waals surface area contributed by atoms with Crippen LogP contribution in [0.2, 0.25) is 5.02 Å². The Balaban J connectivity index is 2.21. The Labute approximate surface area is 135 Å². The average Bonchev–Trinajstić information content (AvgIpc) is 2.80. The van der Waals surface area contributed by atoms with Gasteiger partial charge < -0.3 is 4.57 Å². The van der Waals surface area contributed by atoms with Crippen LogP contribution in [0.15, 0.2) is 71.2 Å². The molecule has 1 aromatic heterocycles. The van der Waals surface area contributed by atoms with E-state index in [1.54, 1.807) is 0 Å². The van der Waals surface area contributed by atoms with E-state index in [0.717, 1.165) is 15.2 Å². The summed E-state index contributed by atoms with van der Waals surface area (Å²) in [5.41, 5.74) is 3.44. The normalized spacial score (nSPS) is 11.3. The third-order valence-corrected chi connectivity index (χ3v) is 4.43. The maximum atomic E-state index is 6.17. The molecule has 0 spiro atoms. The summed E-state index contributed by atoms with van der Waals surface area (Å²) in [7, 11) is 0. The van der Waals surface area contributed by atoms with Crippen molar-refractivity contribution in [3.05, 3.63) is 76.2 Å². The monoisotopic (exact) mass is 355 g/mol. The van der Waals surface area contributed by atoms with Gasteiger partial charge in [0.25, 0.3) is 0 Å². The van der Waals surface area contributed by atoms with E-state index < -0.39 is 0 Å². The molecule has 1 heterocycles. The lowest BCUT2D eigenvalue weighted by Gasteiger charge is -2.08. The first-order valence-electron chi connectivity index (χ1n) is 6.69. The van der Waals surface area contributed by atoms with Crippen molar-refractivity contribution in [3.63, 3.8) is 0 Å². The minimum atomic E-state index is 0.744. The summed E-state index contributed by atoms with van der Waals surface area (Å²) in [6.07, 6.45) is 0. The van der Waals surface area contributed by atoms with Gasteiger partial charge in [-0.05, 0) is 36.4 Å². The lowest BCUT2D eigenvalue weighted by molar-refractivity contribution is 1.18. The smallest absolute Gasteiger partial charge is 0.0552 e. The fourth-order valence-corrected chi connectivity index (χ4v) is 3.37. The number of hydrogen-bond acceptors (Lipinski definition) is 0. The third-order valence-electron chi connectivity index (χ3n) is 3.70. The van der Waals surface area contributed by atoms with Crippen molar-refractivity contribution in [2.24, 2.45) is 0 Å². The summed E-state index contributed by atoms with van der Waals surface area (Å²) in [6, 6.07) is 22.8. The number of hydrogen-bond donors (Lipinski definition) is 0. The highest BCUT2D eigenvalue weighted by atomic mass is 79.9. The molecule has 0 unspecified atom stereocenters. The van der Waals surface area contributed by atoms with Crippen LogP contribution in [0.1, 0.15) is 0 Å². The summed E-state index contributed by atoms with van der Waals surface area (Å²) >= 11 is 9.74. The van der Waals surface area contributed by atoms with Gasteiger partial charge in [0.2, 0.25) is 0 Å². The maximum Gasteiger partial charge on any atom is 0.0552 e. The molecule has 3 heteroatoms. The van der Waals surface area contributed by atoms with Gasteiger partial charge in [0.05, 0.1) is 11.0 Å². The Hall–Kier alpha value is -1.77. The zero-order valence-electron chi connectivity index (χ0n) is 11.1. The quantitative estimate of drug-likeness (QED) is 0.382. The molecule has 0 N–H and O–H groups in total. The number of halogens is 2. The van der Waals surface area contributed by atoms with Gasteiger partial charge in [-0.15, -0.1) is 0 Å². The minimum absolute atomic E-state index is 0.744. The van der Waals surface area contributed by atoms with E-state index in [1.165, 1.54) is 21.8 Å². The summed E-state index contributed by atoms with van der Waals surface area (Å²) < 4.78 is 3.32. The Kier molecular flexibility index (Phi) is 3.02. The van der Waals surface area contributed by atoms with E-state index in [4.69, 9.17) is 11.6 Å². The van der Waals surface area contributed by atoms with Crippen molar-refractivity contribution < 1.29 is 0 Å². The van der Waals surface area contributed by atoms with Gasteiger partial charge in [0.15, 0.2) is 0 Å². The molecule has 0 fully saturated rings. The third kappa shape index (κ3) is 2.06. The van der Waals surface area contributed by atoms with Gasteiger partial charge in [0, 0.05) is 26.0 Å². The fraction of sp³-hybridized carbons (Fsp3) is 0. The Morgan fingerprint density at radius 2 is 1.57 bits per heavy atom. The van der Waals surface area contributed by atoms with Gasteiger partial charge >= 0.3 is 0 Å². The predicted octanol–water partition coefficient (Wildman–Crippen LogP) is 6.20. The molecule has 0 aliphatic rings. The van der Waals surface area contributed by atoms with Crippen LogP contribution in [0.4, 0.5) is 0 Å². The van der Waals surface area contributed by atoms with Crippen molar-refractivity contribution in [1.82, 2.24) is 4.57 Å². The van der Waals surface area contributed by atoms with E-state index in [1.807, 2.05) is 18.2 Å². The number of aromatic nitrogens is 1. The van der Waals surface area contributed by atoms with Gasteiger partial charge in [-0.2, -0.15) is 0 Å². The highest BCUT2D eigenvalue weighted by Gasteiger charge is 2.12. The van der Waals surface area contributed by atoms with E-state index in [9.17, 15) is 0 Å². The van der Waals surface area contributed by atoms with Crippen molar-refractivity contribution in [2.45, 2.75) is 0 Å². The zero-order chi connectivity index (χ0) is 14.4. The van der Waals surface area contributed by atoms with Crippen LogP contribution in [0, 0.1) is 0 Å². The number of para-hydroxylation sites is 1. The lowest BCUT2D eigenvalue weighted by Crippen LogP contribution is -1.93. The summed E-state index contributed by atoms with van der Waals surface area (Å²) in [6.45, 7) is 0. The second kappa shape index (κ2) is 4.90. The molecule has 1 nitrogen and oxygen atoms in total. The fourth-order valence-electron chi connectivity index (χ4n) is 2.84. The number of benzene rings is 3. The van der Waals surface area contributed by atoms with Crippen molar-refractivity contribution in [3.8, 4) is 5.69 Å². The summed E-state index contributed by atoms with van der Waals surface area (Å²) in [4.78, 5) is 0. The van der Waals surface area contributed by atoms with Crippen LogP contribution in [0.25, 0.3) is 27.5 Å². The molecule has 4 rings (SSSR count). The van der Waals surface area contributed by atoms with Crippen LogP contribution >= 0.6 is 27.5 Å². The van der Waals surface area contributed by atoms with Crippen LogP contribution < -0.4 is 0 Å². The molecule has 0 saturated heterocycles. The molecule has 4 aromatic rings. The van der Waals surface area contributed by atoms with Gasteiger partial charge in [-0.3, -0.25) is 0 Å². The molecule has 102 valence electrons. The zero-order valence-corrected chi connectivity index (χ0v) is 13.4. The van der Waals surface area contributed by atoms with E-state index in [0.29, 0.717) is 0 Å². The molecule has 0 aliphatic heterocycles. The molecule has 3 aromatic carbocycles. The van der Waals surface area contributed by atoms with Gasteiger partial charge in [-0.1, -0.05) is 57.9 Å². The summed E-state index contributed by atoms with van der Waals surface area (Å²) in [5.74, 6) is 0. The SMILES string of the molecule is Clc1cccc(-n2c3ccccc3c3ccc(Br)cc32)c1. The first-order valence-corrected chi connectivity index (χ1v) is 7.86. The van der Waals surface area contributed by atoms with Crippen LogP contribution in [0.3, 0.4) is 0 Å². The van der Waals surface area contributed by atoms with Crippen LogP contribution in [0.5, 0.6) is 0 Å². The number of nitrogens with zero attached hydrogens (tertiary/aromatic N) is 1. The second-order valence-electron chi connectivity index (χ2n) is 4.99. The van der Waals surface area contributed by atoms with Crippen LogP contribution in [-0.4, -0.2) is 4.57 Å². The molecular weight excluding hydrogens is 346 g/mol. The first-order chi connectivity index (χ1) is 10.2. The molecule has 0 bridgehead atoms. The van der Waals surface area contributed by atoms with E-state index >= 15 is 0 Å². The molecule has 0 saturated carbocycles. The maximum absolute atomic E-state index is 6.17. The minimum Gasteiger partial charge on any atom is -0.309 e. The molecular formula is C18H11BrClN. The predicted molar refractivity (Wildman–Crippen MR) is 93.5 cm³/mol. The Morgan fingerprint density at radius 3 is 2.43 bits per heavy atom. The molecule has 0 radical (unpaired) electrons. The van der Waals surface area contributed by atoms with Crippen molar-refractivity contribution >= 4 is 49.3 Å². The molecule has 0 aliphatic carbocycles. The molecule has 21 heavy (non-hydrogen) atoms. The van der Waals surface area contributed by atoms with E-state index in [-0.39, 0.29) is 0 Å². The van der Waals surface area contributed by atoms with Crippen molar-refractivity contribution in [2.75, 3.05) is 0 Å². The molecule has 0 amide bonds. The molecule has 0 atom stereocenters. The number of rotatable bonds is 1. The van der Waals surface area contributed by atoms with Crippen molar-refractivity contribution in [1.29, 1.82) is 0 Å². The standard InChI is InChI=1S/C18H11BrClN/c19-12-8-9-16-15-6-1-2-7-17(15)21(18(16)10-12)14-5-3-4-13(20)11-14/h1-11H. The summed E-state index contributed by atoms with van der Waals surface area (Å²) in [5, 5.41) is 3.24. The second-order valence-corrected chi connectivity index (χ2v) is 6.35.